The second-order valence-electron chi connectivity index (χ2n) is 4.44. The van der Waals surface area contributed by atoms with Crippen molar-refractivity contribution in [3.63, 3.8) is 0 Å². The molecular weight excluding hydrogens is 186 g/mol. The number of benzene rings is 1. The van der Waals surface area contributed by atoms with Crippen LogP contribution in [-0.4, -0.2) is 24.3 Å². The Kier molecular flexibility index (Phi) is 2.87. The van der Waals surface area contributed by atoms with Gasteiger partial charge in [-0.05, 0) is 12.6 Å². The van der Waals surface area contributed by atoms with Crippen molar-refractivity contribution in [1.29, 1.82) is 0 Å². The molecule has 1 aromatic carbocycles. The van der Waals surface area contributed by atoms with Gasteiger partial charge in [-0.2, -0.15) is 0 Å². The molecule has 0 aromatic heterocycles. The third-order valence-electron chi connectivity index (χ3n) is 3.22. The van der Waals surface area contributed by atoms with E-state index in [1.807, 2.05) is 25.1 Å². The van der Waals surface area contributed by atoms with Crippen LogP contribution >= 0.6 is 0 Å². The first kappa shape index (κ1) is 10.4. The average Bonchev–Trinajstić information content (AvgIpc) is 2.25. The molecule has 15 heavy (non-hydrogen) atoms. The van der Waals surface area contributed by atoms with Gasteiger partial charge < -0.3 is 0 Å². The van der Waals surface area contributed by atoms with Crippen LogP contribution in [0.4, 0.5) is 0 Å². The van der Waals surface area contributed by atoms with E-state index in [0.717, 1.165) is 6.54 Å². The SMILES string of the molecule is C[C@@H]1CN(C)[C@H](c2ccccc2)CC1=O. The number of carbonyl (C=O) groups is 1. The molecule has 80 valence electrons. The van der Waals surface area contributed by atoms with E-state index in [1.54, 1.807) is 0 Å². The first-order valence-corrected chi connectivity index (χ1v) is 5.46. The predicted octanol–water partition coefficient (Wildman–Crippen LogP) is 2.27. The number of hydrogen-bond donors (Lipinski definition) is 0. The van der Waals surface area contributed by atoms with Crippen LogP contribution in [0.5, 0.6) is 0 Å². The molecule has 0 unspecified atom stereocenters. The summed E-state index contributed by atoms with van der Waals surface area (Å²) < 4.78 is 0. The van der Waals surface area contributed by atoms with Gasteiger partial charge >= 0.3 is 0 Å². The molecule has 2 nitrogen and oxygen atoms in total. The van der Waals surface area contributed by atoms with Gasteiger partial charge in [0.2, 0.25) is 0 Å². The summed E-state index contributed by atoms with van der Waals surface area (Å²) in [6.07, 6.45) is 0.654. The highest BCUT2D eigenvalue weighted by Crippen LogP contribution is 2.29. The summed E-state index contributed by atoms with van der Waals surface area (Å²) in [4.78, 5) is 14.0. The molecule has 2 heteroatoms. The minimum absolute atomic E-state index is 0.190. The molecular formula is C13H17NO. The van der Waals surface area contributed by atoms with E-state index in [0.29, 0.717) is 12.2 Å². The minimum Gasteiger partial charge on any atom is -0.299 e. The van der Waals surface area contributed by atoms with Gasteiger partial charge in [0, 0.05) is 24.9 Å². The maximum Gasteiger partial charge on any atom is 0.138 e. The molecule has 2 rings (SSSR count). The zero-order valence-electron chi connectivity index (χ0n) is 9.31. The molecule has 0 amide bonds. The Hall–Kier alpha value is -1.15. The molecule has 0 aliphatic carbocycles. The molecule has 0 bridgehead atoms. The van der Waals surface area contributed by atoms with E-state index in [4.69, 9.17) is 0 Å². The monoisotopic (exact) mass is 203 g/mol. The van der Waals surface area contributed by atoms with E-state index < -0.39 is 0 Å². The first-order valence-electron chi connectivity index (χ1n) is 5.46. The third-order valence-corrected chi connectivity index (χ3v) is 3.22. The Morgan fingerprint density at radius 1 is 1.27 bits per heavy atom. The number of ketones is 1. The van der Waals surface area contributed by atoms with E-state index in [2.05, 4.69) is 24.1 Å². The zero-order chi connectivity index (χ0) is 10.8. The van der Waals surface area contributed by atoms with E-state index in [9.17, 15) is 4.79 Å². The van der Waals surface area contributed by atoms with E-state index >= 15 is 0 Å². The summed E-state index contributed by atoms with van der Waals surface area (Å²) in [5, 5.41) is 0. The van der Waals surface area contributed by atoms with Crippen molar-refractivity contribution in [2.45, 2.75) is 19.4 Å². The van der Waals surface area contributed by atoms with Gasteiger partial charge in [0.25, 0.3) is 0 Å². The maximum atomic E-state index is 11.7. The normalized spacial score (nSPS) is 28.0. The zero-order valence-corrected chi connectivity index (χ0v) is 9.31. The fraction of sp³-hybridized carbons (Fsp3) is 0.462. The Balaban J connectivity index is 2.20. The van der Waals surface area contributed by atoms with Gasteiger partial charge in [-0.25, -0.2) is 0 Å². The standard InChI is InChI=1S/C13H17NO/c1-10-9-14(2)12(8-13(10)15)11-6-4-3-5-7-11/h3-7,10,12H,8-9H2,1-2H3/t10-,12+/m1/s1. The van der Waals surface area contributed by atoms with Crippen molar-refractivity contribution in [3.8, 4) is 0 Å². The molecule has 1 fully saturated rings. The van der Waals surface area contributed by atoms with Gasteiger partial charge in [-0.3, -0.25) is 9.69 Å². The van der Waals surface area contributed by atoms with Crippen LogP contribution in [-0.2, 0) is 4.79 Å². The molecule has 0 saturated carbocycles. The lowest BCUT2D eigenvalue weighted by molar-refractivity contribution is -0.127. The Morgan fingerprint density at radius 2 is 1.93 bits per heavy atom. The summed E-state index contributed by atoms with van der Waals surface area (Å²) in [6, 6.07) is 10.6. The first-order chi connectivity index (χ1) is 7.18. The molecule has 0 spiro atoms. The molecule has 1 aromatic rings. The second kappa shape index (κ2) is 4.15. The number of nitrogens with zero attached hydrogens (tertiary/aromatic N) is 1. The van der Waals surface area contributed by atoms with Crippen LogP contribution in [0.15, 0.2) is 30.3 Å². The summed E-state index contributed by atoms with van der Waals surface area (Å²) in [5.74, 6) is 0.580. The maximum absolute atomic E-state index is 11.7. The number of carbonyl (C=O) groups excluding carboxylic acids is 1. The van der Waals surface area contributed by atoms with Gasteiger partial charge in [0.15, 0.2) is 0 Å². The van der Waals surface area contributed by atoms with Crippen molar-refractivity contribution in [1.82, 2.24) is 4.90 Å². The molecule has 0 N–H and O–H groups in total. The quantitative estimate of drug-likeness (QED) is 0.698. The summed E-state index contributed by atoms with van der Waals surface area (Å²) >= 11 is 0. The highest BCUT2D eigenvalue weighted by molar-refractivity contribution is 5.82. The van der Waals surface area contributed by atoms with Crippen molar-refractivity contribution >= 4 is 5.78 Å². The Bertz CT molecular complexity index is 347. The van der Waals surface area contributed by atoms with Crippen LogP contribution < -0.4 is 0 Å². The number of Topliss-reactive ketones (excluding diaryl/α,β-unsaturated/α-hetero) is 1. The number of piperidine rings is 1. The van der Waals surface area contributed by atoms with Gasteiger partial charge in [-0.15, -0.1) is 0 Å². The van der Waals surface area contributed by atoms with Gasteiger partial charge in [0.1, 0.15) is 5.78 Å². The molecule has 0 radical (unpaired) electrons. The van der Waals surface area contributed by atoms with Crippen LogP contribution in [0.3, 0.4) is 0 Å². The molecule has 1 saturated heterocycles. The average molecular weight is 203 g/mol. The lowest BCUT2D eigenvalue weighted by atomic mass is 9.89. The third kappa shape index (κ3) is 2.10. The molecule has 1 aliphatic rings. The lowest BCUT2D eigenvalue weighted by Crippen LogP contribution is -2.39. The molecule has 1 aliphatic heterocycles. The molecule has 2 atom stereocenters. The predicted molar refractivity (Wildman–Crippen MR) is 60.6 cm³/mol. The van der Waals surface area contributed by atoms with Crippen molar-refractivity contribution in [3.05, 3.63) is 35.9 Å². The Morgan fingerprint density at radius 3 is 2.60 bits per heavy atom. The summed E-state index contributed by atoms with van der Waals surface area (Å²) in [7, 11) is 2.10. The number of hydrogen-bond acceptors (Lipinski definition) is 2. The number of rotatable bonds is 1. The van der Waals surface area contributed by atoms with Crippen molar-refractivity contribution in [2.24, 2.45) is 5.92 Å². The topological polar surface area (TPSA) is 20.3 Å². The smallest absolute Gasteiger partial charge is 0.138 e. The number of likely N-dealkylation sites (tertiary alicyclic amines) is 1. The van der Waals surface area contributed by atoms with Gasteiger partial charge in [0.05, 0.1) is 0 Å². The van der Waals surface area contributed by atoms with Crippen LogP contribution in [0.1, 0.15) is 24.9 Å². The fourth-order valence-electron chi connectivity index (χ4n) is 2.26. The van der Waals surface area contributed by atoms with Crippen molar-refractivity contribution in [2.75, 3.05) is 13.6 Å². The highest BCUT2D eigenvalue weighted by atomic mass is 16.1. The van der Waals surface area contributed by atoms with E-state index in [1.165, 1.54) is 5.56 Å². The largest absolute Gasteiger partial charge is 0.299 e. The van der Waals surface area contributed by atoms with Gasteiger partial charge in [-0.1, -0.05) is 37.3 Å². The summed E-state index contributed by atoms with van der Waals surface area (Å²) in [6.45, 7) is 2.89. The second-order valence-corrected chi connectivity index (χ2v) is 4.44. The Labute approximate surface area is 90.9 Å². The fourth-order valence-corrected chi connectivity index (χ4v) is 2.26. The summed E-state index contributed by atoms with van der Waals surface area (Å²) in [5.41, 5.74) is 1.25. The van der Waals surface area contributed by atoms with Crippen LogP contribution in [0.25, 0.3) is 0 Å². The van der Waals surface area contributed by atoms with E-state index in [-0.39, 0.29) is 12.0 Å². The van der Waals surface area contributed by atoms with Crippen molar-refractivity contribution < 1.29 is 4.79 Å². The molecule has 1 heterocycles. The van der Waals surface area contributed by atoms with Crippen LogP contribution in [0, 0.1) is 5.92 Å². The highest BCUT2D eigenvalue weighted by Gasteiger charge is 2.30. The minimum atomic E-state index is 0.190. The van der Waals surface area contributed by atoms with Crippen LogP contribution in [0.2, 0.25) is 0 Å². The lowest BCUT2D eigenvalue weighted by Gasteiger charge is -2.35.